The van der Waals surface area contributed by atoms with Gasteiger partial charge in [0.25, 0.3) is 0 Å². The summed E-state index contributed by atoms with van der Waals surface area (Å²) in [6, 6.07) is 9.94. The third-order valence-corrected chi connectivity index (χ3v) is 3.81. The Morgan fingerprint density at radius 2 is 2.14 bits per heavy atom. The van der Waals surface area contributed by atoms with Crippen LogP contribution in [0.2, 0.25) is 0 Å². The number of ether oxygens (including phenoxy) is 2. The highest BCUT2D eigenvalue weighted by atomic mass is 16.7. The molecule has 1 saturated carbocycles. The number of carbonyl (C=O) groups is 1. The summed E-state index contributed by atoms with van der Waals surface area (Å²) in [4.78, 5) is 10.9. The van der Waals surface area contributed by atoms with Crippen LogP contribution in [0.5, 0.6) is 0 Å². The molecule has 0 aromatic heterocycles. The smallest absolute Gasteiger partial charge is 0.438 e. The fourth-order valence-corrected chi connectivity index (χ4v) is 2.78. The molecule has 0 unspecified atom stereocenters. The van der Waals surface area contributed by atoms with Crippen LogP contribution in [0.4, 0.5) is 4.79 Å². The van der Waals surface area contributed by atoms with Crippen molar-refractivity contribution in [3.63, 3.8) is 0 Å². The van der Waals surface area contributed by atoms with Crippen LogP contribution in [0, 0.1) is 11.8 Å². The molecule has 1 aromatic carbocycles. The van der Waals surface area contributed by atoms with E-state index in [0.29, 0.717) is 6.42 Å². The molecule has 0 amide bonds. The van der Waals surface area contributed by atoms with E-state index in [1.807, 2.05) is 30.3 Å². The van der Waals surface area contributed by atoms with Gasteiger partial charge in [0.2, 0.25) is 0 Å². The second kappa shape index (κ2) is 7.14. The number of benzene rings is 1. The molecule has 4 heteroatoms. The molecule has 0 bridgehead atoms. The Bertz CT molecular complexity index is 529. The molecule has 2 atom stereocenters. The number of hydrogen-bond acceptors (Lipinski definition) is 4. The van der Waals surface area contributed by atoms with Crippen LogP contribution >= 0.6 is 0 Å². The molecule has 4 nitrogen and oxygen atoms in total. The Hall–Kier alpha value is -1.99. The minimum atomic E-state index is -1.06. The van der Waals surface area contributed by atoms with Gasteiger partial charge in [-0.3, -0.25) is 0 Å². The molecule has 1 aliphatic rings. The van der Waals surface area contributed by atoms with Crippen molar-refractivity contribution in [3.8, 4) is 11.8 Å². The standard InChI is InChI=1S/C17H20O4/c1-20-16(18)21-13-7-12-17(19)11-6-5-10-15(17)14-8-3-2-4-9-14/h2-4,8-9,15,19H,5-6,10-11,13H2,1H3/t15-,17+/m1/s1. The van der Waals surface area contributed by atoms with E-state index >= 15 is 0 Å². The molecule has 1 N–H and O–H groups in total. The summed E-state index contributed by atoms with van der Waals surface area (Å²) in [6.45, 7) is -0.0729. The Kier molecular flexibility index (Phi) is 5.24. The first-order valence-electron chi connectivity index (χ1n) is 7.14. The van der Waals surface area contributed by atoms with Crippen LogP contribution < -0.4 is 0 Å². The molecule has 0 spiro atoms. The first kappa shape index (κ1) is 15.4. The molecule has 0 saturated heterocycles. The van der Waals surface area contributed by atoms with Gasteiger partial charge in [-0.1, -0.05) is 48.6 Å². The Morgan fingerprint density at radius 3 is 2.86 bits per heavy atom. The highest BCUT2D eigenvalue weighted by Gasteiger charge is 2.38. The largest absolute Gasteiger partial charge is 0.508 e. The van der Waals surface area contributed by atoms with Gasteiger partial charge in [0.1, 0.15) is 5.60 Å². The van der Waals surface area contributed by atoms with Crippen LogP contribution in [0.25, 0.3) is 0 Å². The Morgan fingerprint density at radius 1 is 1.38 bits per heavy atom. The molecule has 1 aliphatic carbocycles. The number of rotatable bonds is 2. The predicted octanol–water partition coefficient (Wildman–Crippen LogP) is 2.86. The third-order valence-electron chi connectivity index (χ3n) is 3.81. The van der Waals surface area contributed by atoms with Crippen molar-refractivity contribution >= 4 is 6.16 Å². The number of hydrogen-bond donors (Lipinski definition) is 1. The van der Waals surface area contributed by atoms with Crippen LogP contribution in [-0.2, 0) is 9.47 Å². The van der Waals surface area contributed by atoms with E-state index < -0.39 is 11.8 Å². The van der Waals surface area contributed by atoms with Gasteiger partial charge in [0, 0.05) is 5.92 Å². The molecule has 0 radical (unpaired) electrons. The van der Waals surface area contributed by atoms with Crippen LogP contribution in [0.15, 0.2) is 30.3 Å². The quantitative estimate of drug-likeness (QED) is 0.671. The van der Waals surface area contributed by atoms with Gasteiger partial charge in [0.05, 0.1) is 7.11 Å². The van der Waals surface area contributed by atoms with Crippen molar-refractivity contribution in [2.24, 2.45) is 0 Å². The molecule has 0 aliphatic heterocycles. The number of aliphatic hydroxyl groups is 1. The van der Waals surface area contributed by atoms with Crippen molar-refractivity contribution in [1.82, 2.24) is 0 Å². The molecule has 21 heavy (non-hydrogen) atoms. The topological polar surface area (TPSA) is 55.8 Å². The maximum Gasteiger partial charge on any atom is 0.508 e. The van der Waals surface area contributed by atoms with Crippen LogP contribution in [0.1, 0.15) is 37.2 Å². The first-order valence-corrected chi connectivity index (χ1v) is 7.14. The van der Waals surface area contributed by atoms with E-state index in [1.54, 1.807) is 0 Å². The summed E-state index contributed by atoms with van der Waals surface area (Å²) in [7, 11) is 1.25. The SMILES string of the molecule is COC(=O)OCC#C[C@@]1(O)CCCC[C@@H]1c1ccccc1. The maximum atomic E-state index is 10.9. The fourth-order valence-electron chi connectivity index (χ4n) is 2.78. The van der Waals surface area contributed by atoms with E-state index in [2.05, 4.69) is 16.6 Å². The second-order valence-electron chi connectivity index (χ2n) is 5.18. The highest BCUT2D eigenvalue weighted by molar-refractivity contribution is 5.59. The second-order valence-corrected chi connectivity index (χ2v) is 5.18. The van der Waals surface area contributed by atoms with Gasteiger partial charge >= 0.3 is 6.16 Å². The maximum absolute atomic E-state index is 10.9. The van der Waals surface area contributed by atoms with E-state index in [0.717, 1.165) is 24.8 Å². The van der Waals surface area contributed by atoms with Crippen molar-refractivity contribution in [2.45, 2.75) is 37.2 Å². The molecule has 112 valence electrons. The average molecular weight is 288 g/mol. The monoisotopic (exact) mass is 288 g/mol. The Labute approximate surface area is 125 Å². The summed E-state index contributed by atoms with van der Waals surface area (Å²) in [5, 5.41) is 10.9. The Balaban J connectivity index is 2.10. The zero-order valence-electron chi connectivity index (χ0n) is 12.2. The van der Waals surface area contributed by atoms with Gasteiger partial charge in [-0.25, -0.2) is 4.79 Å². The van der Waals surface area contributed by atoms with E-state index in [9.17, 15) is 9.90 Å². The summed E-state index contributed by atoms with van der Waals surface area (Å²) < 4.78 is 9.09. The lowest BCUT2D eigenvalue weighted by molar-refractivity contribution is 0.0376. The molecular formula is C17H20O4. The minimum absolute atomic E-state index is 0.00178. The van der Waals surface area contributed by atoms with E-state index in [1.165, 1.54) is 7.11 Å². The predicted molar refractivity (Wildman–Crippen MR) is 78.7 cm³/mol. The molecule has 2 rings (SSSR count). The highest BCUT2D eigenvalue weighted by Crippen LogP contribution is 2.40. The van der Waals surface area contributed by atoms with Gasteiger partial charge in [-0.2, -0.15) is 0 Å². The number of carbonyl (C=O) groups excluding carboxylic acids is 1. The van der Waals surface area contributed by atoms with Crippen molar-refractivity contribution in [2.75, 3.05) is 13.7 Å². The summed E-state index contributed by atoms with van der Waals surface area (Å²) in [6.07, 6.45) is 2.82. The lowest BCUT2D eigenvalue weighted by Gasteiger charge is -2.36. The fraction of sp³-hybridized carbons (Fsp3) is 0.471. The zero-order chi connectivity index (χ0) is 15.1. The minimum Gasteiger partial charge on any atom is -0.438 e. The molecule has 1 aromatic rings. The van der Waals surface area contributed by atoms with Crippen LogP contribution in [-0.4, -0.2) is 30.6 Å². The van der Waals surface area contributed by atoms with E-state index in [4.69, 9.17) is 4.74 Å². The van der Waals surface area contributed by atoms with Crippen molar-refractivity contribution in [3.05, 3.63) is 35.9 Å². The van der Waals surface area contributed by atoms with Crippen molar-refractivity contribution < 1.29 is 19.4 Å². The molecule has 1 fully saturated rings. The molecule has 0 heterocycles. The first-order chi connectivity index (χ1) is 10.2. The summed E-state index contributed by atoms with van der Waals surface area (Å²) in [5.41, 5.74) is 0.0434. The van der Waals surface area contributed by atoms with E-state index in [-0.39, 0.29) is 12.5 Å². The lowest BCUT2D eigenvalue weighted by atomic mass is 9.72. The lowest BCUT2D eigenvalue weighted by Crippen LogP contribution is -2.37. The van der Waals surface area contributed by atoms with Gasteiger partial charge < -0.3 is 14.6 Å². The van der Waals surface area contributed by atoms with Gasteiger partial charge in [-0.15, -0.1) is 0 Å². The summed E-state index contributed by atoms with van der Waals surface area (Å²) in [5.74, 6) is 5.63. The molecular weight excluding hydrogens is 268 g/mol. The third kappa shape index (κ3) is 3.99. The van der Waals surface area contributed by atoms with Crippen molar-refractivity contribution in [1.29, 1.82) is 0 Å². The summed E-state index contributed by atoms with van der Waals surface area (Å²) >= 11 is 0. The number of methoxy groups -OCH3 is 1. The normalized spacial score (nSPS) is 24.6. The van der Waals surface area contributed by atoms with Gasteiger partial charge in [0.15, 0.2) is 6.61 Å². The average Bonchev–Trinajstić information content (AvgIpc) is 2.52. The zero-order valence-corrected chi connectivity index (χ0v) is 12.2. The van der Waals surface area contributed by atoms with Crippen LogP contribution in [0.3, 0.4) is 0 Å². The van der Waals surface area contributed by atoms with Gasteiger partial charge in [-0.05, 0) is 24.8 Å².